The van der Waals surface area contributed by atoms with E-state index in [0.717, 1.165) is 16.5 Å². The summed E-state index contributed by atoms with van der Waals surface area (Å²) < 4.78 is 10.9. The summed E-state index contributed by atoms with van der Waals surface area (Å²) in [5, 5.41) is 19.2. The zero-order valence-corrected chi connectivity index (χ0v) is 12.6. The van der Waals surface area contributed by atoms with Gasteiger partial charge in [-0.25, -0.2) is 0 Å². The summed E-state index contributed by atoms with van der Waals surface area (Å²) in [5.41, 5.74) is 1.77. The van der Waals surface area contributed by atoms with Gasteiger partial charge in [-0.1, -0.05) is 30.0 Å². The standard InChI is InChI=1S/C15H15N3O3S/c19-6-15(7-20-8-15)9-22-14-18-17-13(21-14)11-5-16-12-4-2-1-3-10(11)12/h1-5,16,19H,6-9H2. The van der Waals surface area contributed by atoms with Crippen LogP contribution in [0.2, 0.25) is 0 Å². The van der Waals surface area contributed by atoms with E-state index >= 15 is 0 Å². The van der Waals surface area contributed by atoms with Crippen molar-refractivity contribution in [1.29, 1.82) is 0 Å². The molecule has 114 valence electrons. The number of rotatable bonds is 5. The van der Waals surface area contributed by atoms with E-state index in [2.05, 4.69) is 15.2 Å². The monoisotopic (exact) mass is 317 g/mol. The molecule has 1 aliphatic heterocycles. The third-order valence-corrected chi connectivity index (χ3v) is 5.05. The molecule has 6 nitrogen and oxygen atoms in total. The summed E-state index contributed by atoms with van der Waals surface area (Å²) >= 11 is 1.46. The number of hydrogen-bond acceptors (Lipinski definition) is 6. The minimum atomic E-state index is -0.167. The first kappa shape index (κ1) is 13.8. The zero-order chi connectivity index (χ0) is 15.0. The molecule has 0 bridgehead atoms. The second-order valence-electron chi connectivity index (χ2n) is 5.56. The predicted molar refractivity (Wildman–Crippen MR) is 82.7 cm³/mol. The number of benzene rings is 1. The highest BCUT2D eigenvalue weighted by Gasteiger charge is 2.38. The van der Waals surface area contributed by atoms with Crippen LogP contribution in [0.15, 0.2) is 40.1 Å². The average Bonchev–Trinajstić information content (AvgIpc) is 3.12. The van der Waals surface area contributed by atoms with Gasteiger partial charge in [0.1, 0.15) is 0 Å². The molecule has 0 saturated carbocycles. The largest absolute Gasteiger partial charge is 0.411 e. The van der Waals surface area contributed by atoms with Gasteiger partial charge in [-0.15, -0.1) is 10.2 Å². The molecular formula is C15H15N3O3S. The van der Waals surface area contributed by atoms with E-state index in [4.69, 9.17) is 9.15 Å². The number of aliphatic hydroxyl groups excluding tert-OH is 1. The Balaban J connectivity index is 1.54. The van der Waals surface area contributed by atoms with Crippen LogP contribution in [0.5, 0.6) is 0 Å². The Bertz CT molecular complexity index is 789. The number of ether oxygens (including phenoxy) is 1. The van der Waals surface area contributed by atoms with Gasteiger partial charge in [0, 0.05) is 28.3 Å². The Labute approximate surface area is 130 Å². The Morgan fingerprint density at radius 1 is 1.27 bits per heavy atom. The van der Waals surface area contributed by atoms with Crippen LogP contribution < -0.4 is 0 Å². The minimum Gasteiger partial charge on any atom is -0.411 e. The van der Waals surface area contributed by atoms with Gasteiger partial charge < -0.3 is 19.2 Å². The molecular weight excluding hydrogens is 302 g/mol. The fourth-order valence-corrected chi connectivity index (χ4v) is 3.38. The molecule has 1 aliphatic rings. The number of aromatic nitrogens is 3. The van der Waals surface area contributed by atoms with E-state index in [9.17, 15) is 5.11 Å². The topological polar surface area (TPSA) is 84.2 Å². The number of aromatic amines is 1. The smallest absolute Gasteiger partial charge is 0.276 e. The van der Waals surface area contributed by atoms with E-state index in [1.165, 1.54) is 11.8 Å². The highest BCUT2D eigenvalue weighted by molar-refractivity contribution is 7.99. The lowest BCUT2D eigenvalue weighted by molar-refractivity contribution is -0.121. The molecule has 1 aromatic carbocycles. The Morgan fingerprint density at radius 3 is 2.91 bits per heavy atom. The van der Waals surface area contributed by atoms with E-state index in [1.807, 2.05) is 30.5 Å². The van der Waals surface area contributed by atoms with Crippen molar-refractivity contribution in [1.82, 2.24) is 15.2 Å². The molecule has 1 fully saturated rings. The average molecular weight is 317 g/mol. The van der Waals surface area contributed by atoms with Crippen molar-refractivity contribution in [3.63, 3.8) is 0 Å². The fourth-order valence-electron chi connectivity index (χ4n) is 2.45. The van der Waals surface area contributed by atoms with Crippen LogP contribution in [0, 0.1) is 5.41 Å². The predicted octanol–water partition coefficient (Wildman–Crippen LogP) is 2.32. The van der Waals surface area contributed by atoms with Crippen LogP contribution in [0.3, 0.4) is 0 Å². The second kappa shape index (κ2) is 5.42. The summed E-state index contributed by atoms with van der Waals surface area (Å²) in [5.74, 6) is 1.21. The quantitative estimate of drug-likeness (QED) is 0.703. The lowest BCUT2D eigenvalue weighted by Crippen LogP contribution is -2.47. The first-order valence-electron chi connectivity index (χ1n) is 7.01. The van der Waals surface area contributed by atoms with Gasteiger partial charge in [0.05, 0.1) is 25.4 Å². The lowest BCUT2D eigenvalue weighted by Gasteiger charge is -2.39. The van der Waals surface area contributed by atoms with Crippen LogP contribution in [-0.2, 0) is 4.74 Å². The van der Waals surface area contributed by atoms with Crippen molar-refractivity contribution < 1.29 is 14.3 Å². The van der Waals surface area contributed by atoms with Crippen molar-refractivity contribution in [3.8, 4) is 11.5 Å². The molecule has 4 rings (SSSR count). The van der Waals surface area contributed by atoms with Crippen LogP contribution in [0.1, 0.15) is 0 Å². The lowest BCUT2D eigenvalue weighted by atomic mass is 9.90. The number of para-hydroxylation sites is 1. The number of thioether (sulfide) groups is 1. The molecule has 0 aliphatic carbocycles. The third-order valence-electron chi connectivity index (χ3n) is 3.88. The first-order valence-corrected chi connectivity index (χ1v) is 8.00. The van der Waals surface area contributed by atoms with E-state index < -0.39 is 0 Å². The SMILES string of the molecule is OCC1(CSc2nnc(-c3c[nH]c4ccccc34)o2)COC1. The van der Waals surface area contributed by atoms with Gasteiger partial charge in [0.15, 0.2) is 0 Å². The molecule has 0 unspecified atom stereocenters. The Hall–Kier alpha value is -1.83. The second-order valence-corrected chi connectivity index (χ2v) is 6.49. The maximum absolute atomic E-state index is 9.42. The normalized spacial score (nSPS) is 16.8. The zero-order valence-electron chi connectivity index (χ0n) is 11.8. The first-order chi connectivity index (χ1) is 10.8. The molecule has 3 heterocycles. The molecule has 0 atom stereocenters. The van der Waals surface area contributed by atoms with E-state index in [-0.39, 0.29) is 12.0 Å². The number of H-pyrrole nitrogens is 1. The molecule has 1 saturated heterocycles. The van der Waals surface area contributed by atoms with E-state index in [0.29, 0.717) is 30.1 Å². The molecule has 22 heavy (non-hydrogen) atoms. The highest BCUT2D eigenvalue weighted by atomic mass is 32.2. The summed E-state index contributed by atoms with van der Waals surface area (Å²) in [7, 11) is 0. The van der Waals surface area contributed by atoms with Crippen LogP contribution >= 0.6 is 11.8 Å². The third kappa shape index (κ3) is 2.31. The molecule has 7 heteroatoms. The summed E-state index contributed by atoms with van der Waals surface area (Å²) in [6.07, 6.45) is 1.88. The maximum atomic E-state index is 9.42. The Morgan fingerprint density at radius 2 is 2.14 bits per heavy atom. The van der Waals surface area contributed by atoms with Gasteiger partial charge in [0.25, 0.3) is 11.1 Å². The number of aliphatic hydroxyl groups is 1. The summed E-state index contributed by atoms with van der Waals surface area (Å²) in [6.45, 7) is 1.28. The molecule has 2 aromatic heterocycles. The Kier molecular flexibility index (Phi) is 3.40. The van der Waals surface area contributed by atoms with Crippen molar-refractivity contribution >= 4 is 22.7 Å². The van der Waals surface area contributed by atoms with Crippen molar-refractivity contribution in [3.05, 3.63) is 30.5 Å². The van der Waals surface area contributed by atoms with Gasteiger partial charge >= 0.3 is 0 Å². The van der Waals surface area contributed by atoms with Crippen LogP contribution in [0.4, 0.5) is 0 Å². The number of hydrogen-bond donors (Lipinski definition) is 2. The van der Waals surface area contributed by atoms with Crippen molar-refractivity contribution in [2.45, 2.75) is 5.22 Å². The molecule has 0 amide bonds. The number of fused-ring (bicyclic) bond motifs is 1. The van der Waals surface area contributed by atoms with Crippen LogP contribution in [0.25, 0.3) is 22.4 Å². The number of nitrogens with zero attached hydrogens (tertiary/aromatic N) is 2. The van der Waals surface area contributed by atoms with Gasteiger partial charge in [-0.05, 0) is 6.07 Å². The summed E-state index contributed by atoms with van der Waals surface area (Å²) in [6, 6.07) is 7.98. The molecule has 2 N–H and O–H groups in total. The van der Waals surface area contributed by atoms with Crippen LogP contribution in [-0.4, -0.2) is 45.9 Å². The fraction of sp³-hybridized carbons (Fsp3) is 0.333. The summed E-state index contributed by atoms with van der Waals surface area (Å²) in [4.78, 5) is 3.20. The molecule has 0 radical (unpaired) electrons. The highest BCUT2D eigenvalue weighted by Crippen LogP contribution is 2.35. The van der Waals surface area contributed by atoms with Crippen molar-refractivity contribution in [2.24, 2.45) is 5.41 Å². The minimum absolute atomic E-state index is 0.115. The van der Waals surface area contributed by atoms with E-state index in [1.54, 1.807) is 0 Å². The van der Waals surface area contributed by atoms with Gasteiger partial charge in [0.2, 0.25) is 0 Å². The van der Waals surface area contributed by atoms with Gasteiger partial charge in [-0.3, -0.25) is 0 Å². The van der Waals surface area contributed by atoms with Crippen molar-refractivity contribution in [2.75, 3.05) is 25.6 Å². The maximum Gasteiger partial charge on any atom is 0.276 e. The number of nitrogens with one attached hydrogen (secondary N) is 1. The molecule has 3 aromatic rings. The van der Waals surface area contributed by atoms with Gasteiger partial charge in [-0.2, -0.15) is 0 Å². The molecule has 0 spiro atoms.